The monoisotopic (exact) mass is 453 g/mol. The van der Waals surface area contributed by atoms with Crippen LogP contribution < -0.4 is 10.2 Å². The van der Waals surface area contributed by atoms with Gasteiger partial charge >= 0.3 is 6.18 Å². The van der Waals surface area contributed by atoms with Crippen molar-refractivity contribution < 1.29 is 31.4 Å². The molecule has 1 unspecified atom stereocenters. The standard InChI is InChI=1S/C19H28F5N5O2/c20-15(21)13-31-14-3-1-6-29(12-14)17-11-16(26-18(27-17)19(22,23)24)25-4-2-5-28-7-9-30-10-8-28/h11,14-15H,1-10,12-13H2,(H,25,26,27). The Kier molecular flexibility index (Phi) is 8.61. The number of aromatic nitrogens is 2. The molecule has 1 aromatic rings. The molecular formula is C19H28F5N5O2. The van der Waals surface area contributed by atoms with Crippen molar-refractivity contribution in [2.45, 2.75) is 38.0 Å². The summed E-state index contributed by atoms with van der Waals surface area (Å²) in [5.74, 6) is -1.02. The van der Waals surface area contributed by atoms with Crippen LogP contribution >= 0.6 is 0 Å². The smallest absolute Gasteiger partial charge is 0.379 e. The highest BCUT2D eigenvalue weighted by Crippen LogP contribution is 2.30. The summed E-state index contributed by atoms with van der Waals surface area (Å²) in [6.45, 7) is 4.34. The molecule has 1 atom stereocenters. The van der Waals surface area contributed by atoms with E-state index in [1.54, 1.807) is 4.90 Å². The van der Waals surface area contributed by atoms with Crippen molar-refractivity contribution >= 4 is 11.6 Å². The minimum Gasteiger partial charge on any atom is -0.379 e. The molecule has 0 radical (unpaired) electrons. The van der Waals surface area contributed by atoms with E-state index in [2.05, 4.69) is 20.2 Å². The normalized spacial score (nSPS) is 21.0. The fourth-order valence-corrected chi connectivity index (χ4v) is 3.65. The average molecular weight is 453 g/mol. The van der Waals surface area contributed by atoms with E-state index in [9.17, 15) is 22.0 Å². The molecule has 1 N–H and O–H groups in total. The van der Waals surface area contributed by atoms with Crippen LogP contribution in [0.4, 0.5) is 33.6 Å². The van der Waals surface area contributed by atoms with E-state index in [0.29, 0.717) is 39.1 Å². The van der Waals surface area contributed by atoms with Gasteiger partial charge in [0.15, 0.2) is 0 Å². The van der Waals surface area contributed by atoms with E-state index < -0.39 is 31.1 Å². The number of morpholine rings is 1. The predicted octanol–water partition coefficient (Wildman–Crippen LogP) is 2.88. The summed E-state index contributed by atoms with van der Waals surface area (Å²) in [6, 6.07) is 1.47. The molecule has 2 aliphatic rings. The molecule has 7 nitrogen and oxygen atoms in total. The van der Waals surface area contributed by atoms with Crippen LogP contribution in [0.15, 0.2) is 6.07 Å². The first-order valence-electron chi connectivity index (χ1n) is 10.5. The molecule has 0 aliphatic carbocycles. The van der Waals surface area contributed by atoms with Crippen LogP contribution in [0.2, 0.25) is 0 Å². The summed E-state index contributed by atoms with van der Waals surface area (Å²) in [5, 5.41) is 2.96. The summed E-state index contributed by atoms with van der Waals surface area (Å²) < 4.78 is 75.3. The zero-order chi connectivity index (χ0) is 22.3. The highest BCUT2D eigenvalue weighted by molar-refractivity contribution is 5.50. The zero-order valence-electron chi connectivity index (χ0n) is 17.2. The Labute approximate surface area is 177 Å². The lowest BCUT2D eigenvalue weighted by atomic mass is 10.1. The van der Waals surface area contributed by atoms with E-state index in [1.165, 1.54) is 6.07 Å². The molecule has 3 rings (SSSR count). The fourth-order valence-electron chi connectivity index (χ4n) is 3.65. The van der Waals surface area contributed by atoms with Crippen LogP contribution in [0.25, 0.3) is 0 Å². The van der Waals surface area contributed by atoms with Crippen molar-refractivity contribution in [3.63, 3.8) is 0 Å². The number of nitrogens with zero attached hydrogens (tertiary/aromatic N) is 4. The van der Waals surface area contributed by atoms with E-state index in [-0.39, 0.29) is 18.2 Å². The first-order chi connectivity index (χ1) is 14.8. The van der Waals surface area contributed by atoms with Gasteiger partial charge in [0.1, 0.15) is 18.2 Å². The molecule has 2 fully saturated rings. The van der Waals surface area contributed by atoms with Crippen LogP contribution in [-0.2, 0) is 15.7 Å². The van der Waals surface area contributed by atoms with Crippen molar-refractivity contribution in [1.29, 1.82) is 0 Å². The number of rotatable bonds is 9. The summed E-state index contributed by atoms with van der Waals surface area (Å²) in [6.07, 6.45) is -5.82. The van der Waals surface area contributed by atoms with Gasteiger partial charge in [0, 0.05) is 38.8 Å². The number of ether oxygens (including phenoxy) is 2. The molecule has 2 saturated heterocycles. The van der Waals surface area contributed by atoms with E-state index in [1.807, 2.05) is 0 Å². The van der Waals surface area contributed by atoms with Gasteiger partial charge in [0.2, 0.25) is 5.82 Å². The van der Waals surface area contributed by atoms with Crippen molar-refractivity contribution in [3.05, 3.63) is 11.9 Å². The van der Waals surface area contributed by atoms with E-state index >= 15 is 0 Å². The Balaban J connectivity index is 1.62. The van der Waals surface area contributed by atoms with E-state index in [0.717, 1.165) is 26.1 Å². The highest BCUT2D eigenvalue weighted by Gasteiger charge is 2.36. The third kappa shape index (κ3) is 7.69. The molecule has 12 heteroatoms. The summed E-state index contributed by atoms with van der Waals surface area (Å²) in [5.41, 5.74) is 0. The van der Waals surface area contributed by atoms with Crippen molar-refractivity contribution in [2.24, 2.45) is 0 Å². The minimum absolute atomic E-state index is 0.0925. The van der Waals surface area contributed by atoms with Crippen LogP contribution in [0, 0.1) is 0 Å². The third-order valence-electron chi connectivity index (χ3n) is 5.19. The Morgan fingerprint density at radius 3 is 2.68 bits per heavy atom. The van der Waals surface area contributed by atoms with Gasteiger partial charge < -0.3 is 19.7 Å². The lowest BCUT2D eigenvalue weighted by Gasteiger charge is -2.33. The largest absolute Gasteiger partial charge is 0.451 e. The molecule has 3 heterocycles. The molecule has 0 saturated carbocycles. The topological polar surface area (TPSA) is 62.8 Å². The third-order valence-corrected chi connectivity index (χ3v) is 5.19. The number of hydrogen-bond donors (Lipinski definition) is 1. The van der Waals surface area contributed by atoms with Gasteiger partial charge in [-0.05, 0) is 25.8 Å². The van der Waals surface area contributed by atoms with Crippen molar-refractivity contribution in [1.82, 2.24) is 14.9 Å². The number of alkyl halides is 5. The highest BCUT2D eigenvalue weighted by atomic mass is 19.4. The van der Waals surface area contributed by atoms with Crippen LogP contribution in [-0.4, -0.2) is 86.5 Å². The molecule has 0 aromatic carbocycles. The van der Waals surface area contributed by atoms with Crippen LogP contribution in [0.1, 0.15) is 25.1 Å². The molecule has 176 valence electrons. The Morgan fingerprint density at radius 2 is 1.97 bits per heavy atom. The second kappa shape index (κ2) is 11.2. The molecule has 31 heavy (non-hydrogen) atoms. The van der Waals surface area contributed by atoms with Gasteiger partial charge in [0.05, 0.1) is 19.3 Å². The van der Waals surface area contributed by atoms with Crippen molar-refractivity contribution in [3.8, 4) is 0 Å². The average Bonchev–Trinajstić information content (AvgIpc) is 2.75. The Bertz CT molecular complexity index is 688. The molecule has 0 amide bonds. The van der Waals surface area contributed by atoms with Crippen LogP contribution in [0.3, 0.4) is 0 Å². The SMILES string of the molecule is FC(F)COC1CCCN(c2cc(NCCCN3CCOCC3)nc(C(F)(F)F)n2)C1. The number of halogens is 5. The number of nitrogens with one attached hydrogen (secondary N) is 1. The number of piperidine rings is 1. The maximum atomic E-state index is 13.3. The molecule has 1 aromatic heterocycles. The van der Waals surface area contributed by atoms with Gasteiger partial charge in [-0.25, -0.2) is 18.7 Å². The van der Waals surface area contributed by atoms with E-state index in [4.69, 9.17) is 9.47 Å². The quantitative estimate of drug-likeness (QED) is 0.456. The second-order valence-electron chi connectivity index (χ2n) is 7.60. The van der Waals surface area contributed by atoms with Gasteiger partial charge in [-0.15, -0.1) is 0 Å². The van der Waals surface area contributed by atoms with Gasteiger partial charge in [-0.3, -0.25) is 4.90 Å². The Morgan fingerprint density at radius 1 is 1.19 bits per heavy atom. The van der Waals surface area contributed by atoms with Gasteiger partial charge in [0.25, 0.3) is 6.43 Å². The predicted molar refractivity (Wildman–Crippen MR) is 105 cm³/mol. The zero-order valence-corrected chi connectivity index (χ0v) is 17.2. The van der Waals surface area contributed by atoms with Gasteiger partial charge in [-0.2, -0.15) is 13.2 Å². The maximum Gasteiger partial charge on any atom is 0.451 e. The lowest BCUT2D eigenvalue weighted by Crippen LogP contribution is -2.41. The second-order valence-corrected chi connectivity index (χ2v) is 7.60. The lowest BCUT2D eigenvalue weighted by molar-refractivity contribution is -0.144. The van der Waals surface area contributed by atoms with Gasteiger partial charge in [-0.1, -0.05) is 0 Å². The first kappa shape index (κ1) is 23.9. The van der Waals surface area contributed by atoms with Crippen LogP contribution in [0.5, 0.6) is 0 Å². The summed E-state index contributed by atoms with van der Waals surface area (Å²) >= 11 is 0. The molecule has 0 bridgehead atoms. The summed E-state index contributed by atoms with van der Waals surface area (Å²) in [4.78, 5) is 11.2. The fraction of sp³-hybridized carbons (Fsp3) is 0.789. The minimum atomic E-state index is -4.69. The Hall–Kier alpha value is -1.79. The molecular weight excluding hydrogens is 425 g/mol. The maximum absolute atomic E-state index is 13.3. The molecule has 0 spiro atoms. The number of anilines is 2. The number of hydrogen-bond acceptors (Lipinski definition) is 7. The molecule has 2 aliphatic heterocycles. The van der Waals surface area contributed by atoms with Crippen molar-refractivity contribution in [2.75, 3.05) is 69.3 Å². The summed E-state index contributed by atoms with van der Waals surface area (Å²) in [7, 11) is 0. The first-order valence-corrected chi connectivity index (χ1v) is 10.5.